The third kappa shape index (κ3) is 4.65. The number of nitrogens with two attached hydrogens (primary N) is 1. The number of pyridine rings is 1. The summed E-state index contributed by atoms with van der Waals surface area (Å²) in [5.41, 5.74) is 9.71. The summed E-state index contributed by atoms with van der Waals surface area (Å²) in [5, 5.41) is 16.8. The molecule has 0 amide bonds. The number of para-hydroxylation sites is 1. The normalized spacial score (nSPS) is 14.0. The van der Waals surface area contributed by atoms with Crippen LogP contribution in [0.3, 0.4) is 0 Å². The van der Waals surface area contributed by atoms with Crippen LogP contribution in [0.1, 0.15) is 43.7 Å². The molecule has 0 saturated heterocycles. The molecule has 5 rings (SSSR count). The summed E-state index contributed by atoms with van der Waals surface area (Å²) in [6.45, 7) is 1.87. The van der Waals surface area contributed by atoms with Crippen LogP contribution in [-0.4, -0.2) is 42.7 Å². The second-order valence-electron chi connectivity index (χ2n) is 8.65. The van der Waals surface area contributed by atoms with Crippen LogP contribution in [0.15, 0.2) is 48.9 Å². The fourth-order valence-corrected chi connectivity index (χ4v) is 4.44. The number of imidazole rings is 1. The number of hydrogen-bond acceptors (Lipinski definition) is 8. The van der Waals surface area contributed by atoms with E-state index in [4.69, 9.17) is 15.7 Å². The topological polar surface area (TPSA) is 127 Å². The van der Waals surface area contributed by atoms with Crippen LogP contribution in [0.4, 0.5) is 11.8 Å². The number of nitrogens with one attached hydrogen (secondary N) is 2. The van der Waals surface area contributed by atoms with Gasteiger partial charge in [0.15, 0.2) is 17.0 Å². The van der Waals surface area contributed by atoms with Crippen LogP contribution in [0.2, 0.25) is 0 Å². The van der Waals surface area contributed by atoms with E-state index in [1.165, 1.54) is 12.8 Å². The van der Waals surface area contributed by atoms with Gasteiger partial charge in [-0.05, 0) is 49.6 Å². The van der Waals surface area contributed by atoms with E-state index in [1.807, 2.05) is 36.8 Å². The summed E-state index contributed by atoms with van der Waals surface area (Å²) in [6.07, 6.45) is 9.35. The highest BCUT2D eigenvalue weighted by Gasteiger charge is 2.21. The summed E-state index contributed by atoms with van der Waals surface area (Å²) in [4.78, 5) is 18.7. The minimum Gasteiger partial charge on any atom is -0.507 e. The lowest BCUT2D eigenvalue weighted by atomic mass is 10.1. The van der Waals surface area contributed by atoms with Gasteiger partial charge in [0.1, 0.15) is 5.75 Å². The first kappa shape index (κ1) is 22.1. The number of benzene rings is 1. The predicted octanol–water partition coefficient (Wildman–Crippen LogP) is 4.08. The monoisotopic (exact) mass is 458 g/mol. The average Bonchev–Trinajstić information content (AvgIpc) is 3.53. The van der Waals surface area contributed by atoms with Crippen LogP contribution in [-0.2, 0) is 6.54 Å². The number of rotatable bonds is 9. The molecule has 176 valence electrons. The number of fused-ring (bicyclic) bond motifs is 1. The van der Waals surface area contributed by atoms with Gasteiger partial charge in [-0.25, -0.2) is 4.98 Å². The fraction of sp³-hybridized carbons (Fsp3) is 0.360. The average molecular weight is 459 g/mol. The van der Waals surface area contributed by atoms with Crippen LogP contribution < -0.4 is 16.4 Å². The molecule has 0 unspecified atom stereocenters. The molecule has 1 aliphatic rings. The molecule has 0 atom stereocenters. The second-order valence-corrected chi connectivity index (χ2v) is 8.65. The lowest BCUT2D eigenvalue weighted by molar-refractivity contribution is 0.477. The van der Waals surface area contributed by atoms with E-state index in [0.717, 1.165) is 48.2 Å². The predicted molar refractivity (Wildman–Crippen MR) is 134 cm³/mol. The number of aromatic hydroxyl groups is 1. The van der Waals surface area contributed by atoms with Gasteiger partial charge in [-0.15, -0.1) is 0 Å². The zero-order valence-electron chi connectivity index (χ0n) is 19.1. The van der Waals surface area contributed by atoms with Crippen molar-refractivity contribution >= 4 is 22.9 Å². The van der Waals surface area contributed by atoms with E-state index in [-0.39, 0.29) is 5.75 Å². The number of aromatic nitrogens is 5. The zero-order chi connectivity index (χ0) is 23.3. The maximum Gasteiger partial charge on any atom is 0.226 e. The smallest absolute Gasteiger partial charge is 0.226 e. The van der Waals surface area contributed by atoms with Gasteiger partial charge in [0.25, 0.3) is 0 Å². The molecule has 3 aromatic heterocycles. The SMILES string of the molecule is NCCCNc1nc(NCc2ccc(-c3ccccc3O)nc2)c2ncn(C3CCCC3)c2n1. The Hall–Kier alpha value is -3.72. The van der Waals surface area contributed by atoms with Crippen molar-refractivity contribution in [3.8, 4) is 17.0 Å². The molecule has 1 aromatic carbocycles. The molecule has 0 spiro atoms. The maximum absolute atomic E-state index is 10.1. The minimum atomic E-state index is 0.219. The summed E-state index contributed by atoms with van der Waals surface area (Å²) >= 11 is 0. The van der Waals surface area contributed by atoms with Gasteiger partial charge >= 0.3 is 0 Å². The van der Waals surface area contributed by atoms with E-state index < -0.39 is 0 Å². The Bertz CT molecular complexity index is 1250. The molecule has 9 heteroatoms. The van der Waals surface area contributed by atoms with Gasteiger partial charge in [-0.2, -0.15) is 9.97 Å². The molecule has 1 fully saturated rings. The Labute approximate surface area is 198 Å². The van der Waals surface area contributed by atoms with Crippen molar-refractivity contribution in [1.29, 1.82) is 0 Å². The van der Waals surface area contributed by atoms with Crippen LogP contribution in [0.5, 0.6) is 5.75 Å². The molecule has 3 heterocycles. The van der Waals surface area contributed by atoms with E-state index in [9.17, 15) is 5.11 Å². The van der Waals surface area contributed by atoms with Crippen molar-refractivity contribution in [3.05, 3.63) is 54.5 Å². The lowest BCUT2D eigenvalue weighted by Gasteiger charge is -2.14. The van der Waals surface area contributed by atoms with Crippen molar-refractivity contribution in [2.24, 2.45) is 5.73 Å². The van der Waals surface area contributed by atoms with Gasteiger partial charge in [0.2, 0.25) is 5.95 Å². The van der Waals surface area contributed by atoms with Crippen molar-refractivity contribution in [2.45, 2.75) is 44.7 Å². The van der Waals surface area contributed by atoms with E-state index in [0.29, 0.717) is 36.5 Å². The van der Waals surface area contributed by atoms with Gasteiger partial charge < -0.3 is 26.0 Å². The van der Waals surface area contributed by atoms with Crippen LogP contribution >= 0.6 is 0 Å². The van der Waals surface area contributed by atoms with Crippen molar-refractivity contribution in [3.63, 3.8) is 0 Å². The maximum atomic E-state index is 10.1. The molecule has 0 bridgehead atoms. The van der Waals surface area contributed by atoms with E-state index in [2.05, 4.69) is 25.2 Å². The Morgan fingerprint density at radius 1 is 1.03 bits per heavy atom. The molecule has 4 aromatic rings. The first-order valence-corrected chi connectivity index (χ1v) is 11.9. The number of nitrogens with zero attached hydrogens (tertiary/aromatic N) is 5. The highest BCUT2D eigenvalue weighted by atomic mass is 16.3. The standard InChI is InChI=1S/C25H30N8O/c26-12-5-13-27-25-31-23(22-24(32-25)33(16-30-22)18-6-1-2-7-18)29-15-17-10-11-20(28-14-17)19-8-3-4-9-21(19)34/h3-4,8-11,14,16,18,34H,1-2,5-7,12-13,15,26H2,(H2,27,29,31,32). The highest BCUT2D eigenvalue weighted by Crippen LogP contribution is 2.33. The molecule has 0 radical (unpaired) electrons. The Morgan fingerprint density at radius 3 is 2.65 bits per heavy atom. The number of phenols is 1. The van der Waals surface area contributed by atoms with Crippen molar-refractivity contribution in [2.75, 3.05) is 23.7 Å². The Morgan fingerprint density at radius 2 is 1.88 bits per heavy atom. The van der Waals surface area contributed by atoms with Gasteiger partial charge in [-0.1, -0.05) is 31.0 Å². The molecule has 34 heavy (non-hydrogen) atoms. The summed E-state index contributed by atoms with van der Waals surface area (Å²) in [6, 6.07) is 11.6. The fourth-order valence-electron chi connectivity index (χ4n) is 4.44. The number of anilines is 2. The molecule has 5 N–H and O–H groups in total. The molecule has 1 aliphatic carbocycles. The largest absolute Gasteiger partial charge is 0.507 e. The van der Waals surface area contributed by atoms with Gasteiger partial charge in [0, 0.05) is 30.9 Å². The molecule has 9 nitrogen and oxygen atoms in total. The number of hydrogen-bond donors (Lipinski definition) is 4. The summed E-state index contributed by atoms with van der Waals surface area (Å²) in [7, 11) is 0. The Balaban J connectivity index is 1.38. The summed E-state index contributed by atoms with van der Waals surface area (Å²) in [5.74, 6) is 1.50. The molecular formula is C25H30N8O. The van der Waals surface area contributed by atoms with E-state index >= 15 is 0 Å². The minimum absolute atomic E-state index is 0.219. The van der Waals surface area contributed by atoms with Gasteiger partial charge in [0.05, 0.1) is 12.0 Å². The molecule has 1 saturated carbocycles. The highest BCUT2D eigenvalue weighted by molar-refractivity contribution is 5.84. The zero-order valence-corrected chi connectivity index (χ0v) is 19.1. The quantitative estimate of drug-likeness (QED) is 0.276. The first-order valence-electron chi connectivity index (χ1n) is 11.9. The van der Waals surface area contributed by atoms with Crippen LogP contribution in [0, 0.1) is 0 Å². The molecular weight excluding hydrogens is 428 g/mol. The number of phenolic OH excluding ortho intramolecular Hbond substituents is 1. The summed E-state index contributed by atoms with van der Waals surface area (Å²) < 4.78 is 2.20. The third-order valence-corrected chi connectivity index (χ3v) is 6.27. The molecule has 0 aliphatic heterocycles. The van der Waals surface area contributed by atoms with Crippen molar-refractivity contribution < 1.29 is 5.11 Å². The van der Waals surface area contributed by atoms with Crippen LogP contribution in [0.25, 0.3) is 22.4 Å². The van der Waals surface area contributed by atoms with Gasteiger partial charge in [-0.3, -0.25) is 4.98 Å². The third-order valence-electron chi connectivity index (χ3n) is 6.27. The van der Waals surface area contributed by atoms with E-state index in [1.54, 1.807) is 12.1 Å². The second kappa shape index (κ2) is 10.0. The lowest BCUT2D eigenvalue weighted by Crippen LogP contribution is -2.13. The Kier molecular flexibility index (Phi) is 6.53. The van der Waals surface area contributed by atoms with Crippen molar-refractivity contribution in [1.82, 2.24) is 24.5 Å². The first-order chi connectivity index (χ1) is 16.7.